The minimum absolute atomic E-state index is 0.0196. The molecule has 0 bridgehead atoms. The van der Waals surface area contributed by atoms with E-state index in [4.69, 9.17) is 9.63 Å². The van der Waals surface area contributed by atoms with Crippen molar-refractivity contribution in [2.24, 2.45) is 0 Å². The van der Waals surface area contributed by atoms with E-state index in [0.717, 1.165) is 17.5 Å². The maximum atomic E-state index is 12.8. The Bertz CT molecular complexity index is 631. The van der Waals surface area contributed by atoms with E-state index < -0.39 is 11.9 Å². The fourth-order valence-corrected chi connectivity index (χ4v) is 2.06. The molecule has 21 heavy (non-hydrogen) atoms. The number of rotatable bonds is 5. The van der Waals surface area contributed by atoms with Gasteiger partial charge in [-0.3, -0.25) is 4.68 Å². The number of nitrogens with zero attached hydrogens (tertiary/aromatic N) is 4. The topological polar surface area (TPSA) is 77.0 Å². The average molecular weight is 302 g/mol. The lowest BCUT2D eigenvalue weighted by atomic mass is 10.2. The summed E-state index contributed by atoms with van der Waals surface area (Å²) in [6.45, 7) is -0.393. The van der Waals surface area contributed by atoms with Gasteiger partial charge in [-0.25, -0.2) is 0 Å². The van der Waals surface area contributed by atoms with Crippen LogP contribution in [0, 0.1) is 0 Å². The smallest absolute Gasteiger partial charge is 0.396 e. The molecule has 0 radical (unpaired) electrons. The van der Waals surface area contributed by atoms with Gasteiger partial charge in [0.1, 0.15) is 6.54 Å². The predicted octanol–water partition coefficient (Wildman–Crippen LogP) is 1.75. The third-order valence-electron chi connectivity index (χ3n) is 3.21. The van der Waals surface area contributed by atoms with E-state index in [1.807, 2.05) is 0 Å². The number of hydrogen-bond acceptors (Lipinski definition) is 5. The molecule has 0 unspecified atom stereocenters. The molecule has 1 fully saturated rings. The van der Waals surface area contributed by atoms with Gasteiger partial charge in [-0.1, -0.05) is 5.16 Å². The molecule has 2 aromatic rings. The van der Waals surface area contributed by atoms with Crippen LogP contribution < -0.4 is 0 Å². The first-order valence-corrected chi connectivity index (χ1v) is 6.54. The van der Waals surface area contributed by atoms with Crippen LogP contribution in [-0.2, 0) is 19.1 Å². The molecule has 2 aromatic heterocycles. The van der Waals surface area contributed by atoms with Crippen LogP contribution in [0.3, 0.4) is 0 Å². The van der Waals surface area contributed by atoms with E-state index in [9.17, 15) is 13.2 Å². The zero-order chi connectivity index (χ0) is 15.0. The Balaban J connectivity index is 1.80. The van der Waals surface area contributed by atoms with E-state index in [2.05, 4.69) is 15.2 Å². The summed E-state index contributed by atoms with van der Waals surface area (Å²) in [5, 5.41) is 16.2. The Morgan fingerprint density at radius 1 is 1.38 bits per heavy atom. The van der Waals surface area contributed by atoms with Gasteiger partial charge in [0, 0.05) is 24.3 Å². The summed E-state index contributed by atoms with van der Waals surface area (Å²) >= 11 is 0. The van der Waals surface area contributed by atoms with Crippen molar-refractivity contribution < 1.29 is 22.8 Å². The van der Waals surface area contributed by atoms with E-state index in [1.165, 1.54) is 6.20 Å². The monoisotopic (exact) mass is 302 g/mol. The van der Waals surface area contributed by atoms with E-state index in [1.54, 1.807) is 0 Å². The Kier molecular flexibility index (Phi) is 3.44. The number of aliphatic hydroxyl groups is 1. The molecule has 1 N–H and O–H groups in total. The molecular weight excluding hydrogens is 289 g/mol. The third-order valence-corrected chi connectivity index (χ3v) is 3.21. The summed E-state index contributed by atoms with van der Waals surface area (Å²) in [5.74, 6) is 1.14. The lowest BCUT2D eigenvalue weighted by molar-refractivity contribution is -0.142. The molecule has 3 rings (SSSR count). The molecule has 0 atom stereocenters. The summed E-state index contributed by atoms with van der Waals surface area (Å²) in [5.41, 5.74) is -1.04. The van der Waals surface area contributed by atoms with Gasteiger partial charge in [0.2, 0.25) is 5.89 Å². The number of aromatic nitrogens is 4. The van der Waals surface area contributed by atoms with E-state index in [-0.39, 0.29) is 31.0 Å². The van der Waals surface area contributed by atoms with Crippen molar-refractivity contribution in [2.45, 2.75) is 37.9 Å². The van der Waals surface area contributed by atoms with Crippen molar-refractivity contribution in [3.8, 4) is 0 Å². The molecule has 0 spiro atoms. The number of hydrogen-bond donors (Lipinski definition) is 1. The second-order valence-electron chi connectivity index (χ2n) is 4.99. The second-order valence-corrected chi connectivity index (χ2v) is 4.99. The molecule has 9 heteroatoms. The maximum absolute atomic E-state index is 12.8. The highest BCUT2D eigenvalue weighted by atomic mass is 19.4. The average Bonchev–Trinajstić information content (AvgIpc) is 3.01. The third kappa shape index (κ3) is 3.07. The minimum Gasteiger partial charge on any atom is -0.396 e. The Hall–Kier alpha value is -1.90. The Labute approximate surface area is 117 Å². The van der Waals surface area contributed by atoms with Gasteiger partial charge in [0.05, 0.1) is 0 Å². The normalized spacial score (nSPS) is 15.6. The maximum Gasteiger partial charge on any atom is 0.435 e. The SMILES string of the molecule is OCCc1cn(Cc2nc(C3CC3)no2)nc1C(F)(F)F. The van der Waals surface area contributed by atoms with Crippen molar-refractivity contribution in [3.05, 3.63) is 29.2 Å². The van der Waals surface area contributed by atoms with Gasteiger partial charge in [-0.05, 0) is 19.3 Å². The van der Waals surface area contributed by atoms with Gasteiger partial charge in [0.25, 0.3) is 0 Å². The molecule has 0 amide bonds. The van der Waals surface area contributed by atoms with Crippen LogP contribution >= 0.6 is 0 Å². The molecule has 1 aliphatic rings. The fraction of sp³-hybridized carbons (Fsp3) is 0.583. The van der Waals surface area contributed by atoms with Crippen LogP contribution in [-0.4, -0.2) is 31.6 Å². The van der Waals surface area contributed by atoms with Crippen LogP contribution in [0.4, 0.5) is 13.2 Å². The van der Waals surface area contributed by atoms with Crippen molar-refractivity contribution in [3.63, 3.8) is 0 Å². The summed E-state index contributed by atoms with van der Waals surface area (Å²) in [6, 6.07) is 0. The molecule has 2 heterocycles. The standard InChI is InChI=1S/C12H13F3N4O2/c13-12(14,15)10-8(3-4-20)5-19(17-10)6-9-16-11(18-21-9)7-1-2-7/h5,7,20H,1-4,6H2. The molecule has 0 saturated heterocycles. The minimum atomic E-state index is -4.55. The van der Waals surface area contributed by atoms with E-state index >= 15 is 0 Å². The van der Waals surface area contributed by atoms with Gasteiger partial charge >= 0.3 is 6.18 Å². The van der Waals surface area contributed by atoms with Gasteiger partial charge in [-0.15, -0.1) is 0 Å². The lowest BCUT2D eigenvalue weighted by Crippen LogP contribution is -2.11. The molecule has 6 nitrogen and oxygen atoms in total. The van der Waals surface area contributed by atoms with Crippen molar-refractivity contribution in [1.82, 2.24) is 19.9 Å². The second kappa shape index (κ2) is 5.14. The summed E-state index contributed by atoms with van der Waals surface area (Å²) in [6.07, 6.45) is -1.38. The van der Waals surface area contributed by atoms with Crippen LogP contribution in [0.15, 0.2) is 10.7 Å². The molecule has 1 aliphatic carbocycles. The lowest BCUT2D eigenvalue weighted by Gasteiger charge is -2.04. The number of aliphatic hydroxyl groups excluding tert-OH is 1. The first kappa shape index (κ1) is 14.1. The van der Waals surface area contributed by atoms with Crippen molar-refractivity contribution in [1.29, 1.82) is 0 Å². The first-order valence-electron chi connectivity index (χ1n) is 6.54. The van der Waals surface area contributed by atoms with Gasteiger partial charge < -0.3 is 9.63 Å². The van der Waals surface area contributed by atoms with Crippen LogP contribution in [0.5, 0.6) is 0 Å². The molecule has 1 saturated carbocycles. The van der Waals surface area contributed by atoms with Crippen molar-refractivity contribution >= 4 is 0 Å². The van der Waals surface area contributed by atoms with Crippen LogP contribution in [0.1, 0.15) is 41.7 Å². The summed E-state index contributed by atoms with van der Waals surface area (Å²) in [7, 11) is 0. The molecule has 0 aromatic carbocycles. The quantitative estimate of drug-likeness (QED) is 0.910. The molecular formula is C12H13F3N4O2. The Morgan fingerprint density at radius 2 is 2.14 bits per heavy atom. The highest BCUT2D eigenvalue weighted by Crippen LogP contribution is 2.38. The number of alkyl halides is 3. The zero-order valence-electron chi connectivity index (χ0n) is 11.0. The summed E-state index contributed by atoms with van der Waals surface area (Å²) < 4.78 is 44.6. The van der Waals surface area contributed by atoms with Gasteiger partial charge in [-0.2, -0.15) is 23.3 Å². The zero-order valence-corrected chi connectivity index (χ0v) is 11.0. The summed E-state index contributed by atoms with van der Waals surface area (Å²) in [4.78, 5) is 4.15. The molecule has 114 valence electrons. The van der Waals surface area contributed by atoms with Crippen LogP contribution in [0.25, 0.3) is 0 Å². The van der Waals surface area contributed by atoms with E-state index in [0.29, 0.717) is 11.7 Å². The predicted molar refractivity (Wildman–Crippen MR) is 63.4 cm³/mol. The van der Waals surface area contributed by atoms with Gasteiger partial charge in [0.15, 0.2) is 11.5 Å². The number of halogens is 3. The molecule has 0 aliphatic heterocycles. The van der Waals surface area contributed by atoms with Crippen LogP contribution in [0.2, 0.25) is 0 Å². The highest BCUT2D eigenvalue weighted by molar-refractivity contribution is 5.20. The Morgan fingerprint density at radius 3 is 2.76 bits per heavy atom. The van der Waals surface area contributed by atoms with Crippen molar-refractivity contribution in [2.75, 3.05) is 6.61 Å². The largest absolute Gasteiger partial charge is 0.435 e. The first-order chi connectivity index (χ1) is 9.97. The fourth-order valence-electron chi connectivity index (χ4n) is 2.06. The highest BCUT2D eigenvalue weighted by Gasteiger charge is 2.37.